The van der Waals surface area contributed by atoms with Crippen molar-refractivity contribution in [3.63, 3.8) is 0 Å². The van der Waals surface area contributed by atoms with Crippen LogP contribution in [0.25, 0.3) is 0 Å². The standard InChI is InChI=1S/C13H22N4O2/c1-16-11(18)13(15-12(16)19)4-8-17(9-5-13)10-2-6-14-7-3-10/h10,14H,2-9H2,1H3,(H,15,19). The minimum Gasteiger partial charge on any atom is -0.323 e. The second kappa shape index (κ2) is 4.76. The first kappa shape index (κ1) is 12.9. The van der Waals surface area contributed by atoms with Crippen molar-refractivity contribution in [2.24, 2.45) is 0 Å². The van der Waals surface area contributed by atoms with Crippen LogP contribution in [0.3, 0.4) is 0 Å². The molecule has 2 N–H and O–H groups in total. The lowest BCUT2D eigenvalue weighted by Gasteiger charge is -2.42. The number of carbonyl (C=O) groups excluding carboxylic acids is 2. The predicted molar refractivity (Wildman–Crippen MR) is 70.7 cm³/mol. The summed E-state index contributed by atoms with van der Waals surface area (Å²) < 4.78 is 0. The summed E-state index contributed by atoms with van der Waals surface area (Å²) in [6, 6.07) is 0.392. The summed E-state index contributed by atoms with van der Waals surface area (Å²) in [5.41, 5.74) is -0.616. The quantitative estimate of drug-likeness (QED) is 0.643. The fourth-order valence-corrected chi connectivity index (χ4v) is 3.54. The highest BCUT2D eigenvalue weighted by Crippen LogP contribution is 2.30. The van der Waals surface area contributed by atoms with Crippen LogP contribution in [0.2, 0.25) is 0 Å². The van der Waals surface area contributed by atoms with E-state index in [0.29, 0.717) is 6.04 Å². The van der Waals surface area contributed by atoms with Crippen LogP contribution in [-0.2, 0) is 4.79 Å². The second-order valence-electron chi connectivity index (χ2n) is 5.89. The minimum absolute atomic E-state index is 0.0533. The molecule has 3 saturated heterocycles. The van der Waals surface area contributed by atoms with Gasteiger partial charge in [0.1, 0.15) is 5.54 Å². The van der Waals surface area contributed by atoms with E-state index in [4.69, 9.17) is 0 Å². The summed E-state index contributed by atoms with van der Waals surface area (Å²) in [6.45, 7) is 3.99. The molecule has 0 unspecified atom stereocenters. The number of likely N-dealkylation sites (N-methyl/N-ethyl adjacent to an activating group) is 1. The van der Waals surface area contributed by atoms with Gasteiger partial charge in [-0.25, -0.2) is 4.79 Å². The van der Waals surface area contributed by atoms with Gasteiger partial charge in [0.2, 0.25) is 0 Å². The van der Waals surface area contributed by atoms with Gasteiger partial charge in [0, 0.05) is 26.2 Å². The largest absolute Gasteiger partial charge is 0.324 e. The third-order valence-electron chi connectivity index (χ3n) is 4.84. The van der Waals surface area contributed by atoms with Crippen molar-refractivity contribution >= 4 is 11.9 Å². The number of imide groups is 1. The van der Waals surface area contributed by atoms with Crippen molar-refractivity contribution in [2.45, 2.75) is 37.3 Å². The van der Waals surface area contributed by atoms with Crippen LogP contribution in [0.4, 0.5) is 4.79 Å². The Balaban J connectivity index is 1.63. The maximum Gasteiger partial charge on any atom is 0.324 e. The lowest BCUT2D eigenvalue weighted by molar-refractivity contribution is -0.132. The molecule has 0 aromatic carbocycles. The van der Waals surface area contributed by atoms with E-state index in [9.17, 15) is 9.59 Å². The predicted octanol–water partition coefficient (Wildman–Crippen LogP) is -0.245. The number of piperidine rings is 2. The molecule has 6 nitrogen and oxygen atoms in total. The molecule has 6 heteroatoms. The molecule has 3 aliphatic rings. The average molecular weight is 266 g/mol. The topological polar surface area (TPSA) is 64.7 Å². The maximum atomic E-state index is 12.2. The molecule has 106 valence electrons. The van der Waals surface area contributed by atoms with Gasteiger partial charge in [0.25, 0.3) is 5.91 Å². The van der Waals surface area contributed by atoms with E-state index in [0.717, 1.165) is 39.0 Å². The van der Waals surface area contributed by atoms with Gasteiger partial charge in [-0.3, -0.25) is 9.69 Å². The summed E-state index contributed by atoms with van der Waals surface area (Å²) in [4.78, 5) is 27.5. The van der Waals surface area contributed by atoms with Crippen molar-refractivity contribution in [1.82, 2.24) is 20.4 Å². The summed E-state index contributed by atoms with van der Waals surface area (Å²) >= 11 is 0. The Morgan fingerprint density at radius 1 is 1.16 bits per heavy atom. The van der Waals surface area contributed by atoms with Crippen LogP contribution < -0.4 is 10.6 Å². The van der Waals surface area contributed by atoms with E-state index >= 15 is 0 Å². The highest BCUT2D eigenvalue weighted by Gasteiger charge is 2.51. The van der Waals surface area contributed by atoms with Crippen molar-refractivity contribution in [3.05, 3.63) is 0 Å². The van der Waals surface area contributed by atoms with Gasteiger partial charge >= 0.3 is 6.03 Å². The molecule has 0 aromatic rings. The fourth-order valence-electron chi connectivity index (χ4n) is 3.54. The number of nitrogens with one attached hydrogen (secondary N) is 2. The molecule has 0 saturated carbocycles. The summed E-state index contributed by atoms with van der Waals surface area (Å²) in [7, 11) is 1.56. The number of hydrogen-bond acceptors (Lipinski definition) is 4. The van der Waals surface area contributed by atoms with Crippen molar-refractivity contribution in [2.75, 3.05) is 33.2 Å². The van der Waals surface area contributed by atoms with Crippen LogP contribution in [-0.4, -0.2) is 66.5 Å². The van der Waals surface area contributed by atoms with Crippen molar-refractivity contribution in [1.29, 1.82) is 0 Å². The van der Waals surface area contributed by atoms with E-state index < -0.39 is 5.54 Å². The van der Waals surface area contributed by atoms with E-state index in [-0.39, 0.29) is 11.9 Å². The zero-order valence-corrected chi connectivity index (χ0v) is 11.4. The Labute approximate surface area is 113 Å². The SMILES string of the molecule is CN1C(=O)NC2(CCN(C3CCNCC3)CC2)C1=O. The van der Waals surface area contributed by atoms with Gasteiger partial charge in [-0.2, -0.15) is 0 Å². The average Bonchev–Trinajstić information content (AvgIpc) is 2.66. The molecule has 0 aromatic heterocycles. The van der Waals surface area contributed by atoms with Crippen LogP contribution in [0, 0.1) is 0 Å². The number of nitrogens with zero attached hydrogens (tertiary/aromatic N) is 2. The lowest BCUT2D eigenvalue weighted by Crippen LogP contribution is -2.57. The normalized spacial score (nSPS) is 29.0. The highest BCUT2D eigenvalue weighted by atomic mass is 16.2. The zero-order chi connectivity index (χ0) is 13.5. The Morgan fingerprint density at radius 3 is 2.32 bits per heavy atom. The van der Waals surface area contributed by atoms with Crippen molar-refractivity contribution in [3.8, 4) is 0 Å². The fraction of sp³-hybridized carbons (Fsp3) is 0.846. The summed E-state index contributed by atoms with van der Waals surface area (Å²) in [5.74, 6) is -0.0533. The number of urea groups is 1. The molecular formula is C13H22N4O2. The second-order valence-corrected chi connectivity index (χ2v) is 5.89. The summed E-state index contributed by atoms with van der Waals surface area (Å²) in [5, 5.41) is 6.27. The van der Waals surface area contributed by atoms with Crippen LogP contribution in [0.1, 0.15) is 25.7 Å². The molecule has 3 heterocycles. The zero-order valence-electron chi connectivity index (χ0n) is 11.4. The minimum atomic E-state index is -0.616. The lowest BCUT2D eigenvalue weighted by atomic mass is 9.86. The first-order valence-electron chi connectivity index (χ1n) is 7.17. The number of likely N-dealkylation sites (tertiary alicyclic amines) is 1. The van der Waals surface area contributed by atoms with Gasteiger partial charge in [0.05, 0.1) is 0 Å². The van der Waals surface area contributed by atoms with Crippen LogP contribution >= 0.6 is 0 Å². The molecule has 3 amide bonds. The molecule has 1 spiro atoms. The molecule has 3 fully saturated rings. The molecule has 19 heavy (non-hydrogen) atoms. The first-order valence-corrected chi connectivity index (χ1v) is 7.17. The van der Waals surface area contributed by atoms with Gasteiger partial charge in [-0.15, -0.1) is 0 Å². The highest BCUT2D eigenvalue weighted by molar-refractivity contribution is 6.06. The Hall–Kier alpha value is -1.14. The molecule has 3 aliphatic heterocycles. The summed E-state index contributed by atoms with van der Waals surface area (Å²) in [6.07, 6.45) is 3.86. The third-order valence-corrected chi connectivity index (χ3v) is 4.84. The Kier molecular flexibility index (Phi) is 3.22. The van der Waals surface area contributed by atoms with Gasteiger partial charge < -0.3 is 15.5 Å². The Morgan fingerprint density at radius 2 is 1.79 bits per heavy atom. The molecule has 0 bridgehead atoms. The number of rotatable bonds is 1. The molecule has 0 atom stereocenters. The smallest absolute Gasteiger partial charge is 0.323 e. The third kappa shape index (κ3) is 2.12. The van der Waals surface area contributed by atoms with Gasteiger partial charge in [-0.05, 0) is 38.8 Å². The molecule has 0 aliphatic carbocycles. The van der Waals surface area contributed by atoms with E-state index in [1.165, 1.54) is 17.7 Å². The monoisotopic (exact) mass is 266 g/mol. The van der Waals surface area contributed by atoms with Crippen LogP contribution in [0.5, 0.6) is 0 Å². The maximum absolute atomic E-state index is 12.2. The van der Waals surface area contributed by atoms with Crippen LogP contribution in [0.15, 0.2) is 0 Å². The van der Waals surface area contributed by atoms with E-state index in [2.05, 4.69) is 15.5 Å². The van der Waals surface area contributed by atoms with Crippen molar-refractivity contribution < 1.29 is 9.59 Å². The Bertz CT molecular complexity index is 384. The van der Waals surface area contributed by atoms with Gasteiger partial charge in [-0.1, -0.05) is 0 Å². The molecular weight excluding hydrogens is 244 g/mol. The molecule has 3 rings (SSSR count). The number of amides is 3. The van der Waals surface area contributed by atoms with E-state index in [1.807, 2.05) is 0 Å². The van der Waals surface area contributed by atoms with Gasteiger partial charge in [0.15, 0.2) is 0 Å². The number of hydrogen-bond donors (Lipinski definition) is 2. The first-order chi connectivity index (χ1) is 9.12. The molecule has 0 radical (unpaired) electrons. The number of carbonyl (C=O) groups is 2. The van der Waals surface area contributed by atoms with E-state index in [1.54, 1.807) is 7.05 Å².